The third kappa shape index (κ3) is 4.06. The van der Waals surface area contributed by atoms with E-state index in [9.17, 15) is 0 Å². The molecule has 5 nitrogen and oxygen atoms in total. The monoisotopic (exact) mass is 376 g/mol. The number of nitriles is 1. The zero-order chi connectivity index (χ0) is 16.1. The van der Waals surface area contributed by atoms with Crippen LogP contribution in [-0.2, 0) is 13.1 Å². The minimum Gasteiger partial charge on any atom is -0.486 e. The second-order valence-electron chi connectivity index (χ2n) is 5.29. The van der Waals surface area contributed by atoms with Crippen LogP contribution in [0.1, 0.15) is 17.7 Å². The molecule has 0 bridgehead atoms. The highest BCUT2D eigenvalue weighted by molar-refractivity contribution is 9.10. The summed E-state index contributed by atoms with van der Waals surface area (Å²) in [6.45, 7) is 3.18. The van der Waals surface area contributed by atoms with E-state index in [0.29, 0.717) is 39.3 Å². The summed E-state index contributed by atoms with van der Waals surface area (Å²) in [6.07, 6.45) is 2.14. The van der Waals surface area contributed by atoms with E-state index in [1.807, 2.05) is 24.3 Å². The fraction of sp³-hybridized carbons (Fsp3) is 0.353. The first-order valence-corrected chi connectivity index (χ1v) is 8.25. The Bertz CT molecular complexity index is 695. The van der Waals surface area contributed by atoms with Gasteiger partial charge in [-0.1, -0.05) is 15.9 Å². The average Bonchev–Trinajstić information content (AvgIpc) is 3.06. The van der Waals surface area contributed by atoms with Crippen molar-refractivity contribution in [2.75, 3.05) is 19.8 Å². The molecule has 0 N–H and O–H groups in total. The van der Waals surface area contributed by atoms with Gasteiger partial charge >= 0.3 is 0 Å². The quantitative estimate of drug-likeness (QED) is 0.768. The van der Waals surface area contributed by atoms with E-state index in [-0.39, 0.29) is 0 Å². The van der Waals surface area contributed by atoms with E-state index < -0.39 is 0 Å². The number of hydrogen-bond acceptors (Lipinski definition) is 5. The van der Waals surface area contributed by atoms with E-state index in [1.54, 1.807) is 6.26 Å². The second kappa shape index (κ2) is 7.53. The van der Waals surface area contributed by atoms with Crippen molar-refractivity contribution in [3.05, 3.63) is 46.3 Å². The Hall–Kier alpha value is -1.97. The largest absolute Gasteiger partial charge is 0.486 e. The molecule has 0 fully saturated rings. The van der Waals surface area contributed by atoms with Crippen LogP contribution in [0, 0.1) is 11.3 Å². The van der Waals surface area contributed by atoms with E-state index >= 15 is 0 Å². The average molecular weight is 377 g/mol. The van der Waals surface area contributed by atoms with Crippen molar-refractivity contribution < 1.29 is 13.9 Å². The minimum absolute atomic E-state index is 0.475. The van der Waals surface area contributed by atoms with Gasteiger partial charge in [0, 0.05) is 24.0 Å². The van der Waals surface area contributed by atoms with Gasteiger partial charge in [0.05, 0.1) is 18.9 Å². The molecule has 0 atom stereocenters. The number of fused-ring (bicyclic) bond motifs is 1. The maximum absolute atomic E-state index is 8.87. The Kier molecular flexibility index (Phi) is 5.21. The second-order valence-corrected chi connectivity index (χ2v) is 6.14. The summed E-state index contributed by atoms with van der Waals surface area (Å²) in [7, 11) is 0. The van der Waals surface area contributed by atoms with Gasteiger partial charge in [-0.3, -0.25) is 4.90 Å². The van der Waals surface area contributed by atoms with Crippen molar-refractivity contribution in [2.24, 2.45) is 0 Å². The van der Waals surface area contributed by atoms with Crippen molar-refractivity contribution in [2.45, 2.75) is 19.5 Å². The highest BCUT2D eigenvalue weighted by Gasteiger charge is 2.17. The highest BCUT2D eigenvalue weighted by atomic mass is 79.9. The minimum atomic E-state index is 0.475. The summed E-state index contributed by atoms with van der Waals surface area (Å²) in [6, 6.07) is 9.96. The normalized spacial score (nSPS) is 13.1. The smallest absolute Gasteiger partial charge is 0.162 e. The summed E-state index contributed by atoms with van der Waals surface area (Å²) < 4.78 is 17.6. The van der Waals surface area contributed by atoms with Gasteiger partial charge in [0.25, 0.3) is 0 Å². The lowest BCUT2D eigenvalue weighted by molar-refractivity contribution is 0.170. The van der Waals surface area contributed by atoms with Crippen LogP contribution in [0.4, 0.5) is 0 Å². The van der Waals surface area contributed by atoms with E-state index in [1.165, 1.54) is 0 Å². The molecule has 23 heavy (non-hydrogen) atoms. The van der Waals surface area contributed by atoms with Gasteiger partial charge in [0.15, 0.2) is 11.5 Å². The summed E-state index contributed by atoms with van der Waals surface area (Å²) in [5.74, 6) is 2.42. The number of ether oxygens (including phenoxy) is 2. The first kappa shape index (κ1) is 15.9. The molecule has 1 aliphatic heterocycles. The van der Waals surface area contributed by atoms with Gasteiger partial charge < -0.3 is 13.9 Å². The maximum Gasteiger partial charge on any atom is 0.162 e. The number of benzene rings is 1. The van der Waals surface area contributed by atoms with Crippen molar-refractivity contribution >= 4 is 15.9 Å². The summed E-state index contributed by atoms with van der Waals surface area (Å²) in [4.78, 5) is 2.18. The molecule has 2 aromatic rings. The molecular weight excluding hydrogens is 360 g/mol. The predicted molar refractivity (Wildman–Crippen MR) is 88.2 cm³/mol. The van der Waals surface area contributed by atoms with Crippen LogP contribution in [0.2, 0.25) is 0 Å². The van der Waals surface area contributed by atoms with Gasteiger partial charge in [0.1, 0.15) is 19.0 Å². The molecule has 120 valence electrons. The fourth-order valence-electron chi connectivity index (χ4n) is 2.51. The summed E-state index contributed by atoms with van der Waals surface area (Å²) in [5, 5.41) is 8.87. The first-order valence-electron chi connectivity index (χ1n) is 7.46. The lowest BCUT2D eigenvalue weighted by Gasteiger charge is -2.23. The van der Waals surface area contributed by atoms with Crippen molar-refractivity contribution in [1.82, 2.24) is 4.90 Å². The Balaban J connectivity index is 1.77. The Morgan fingerprint density at radius 3 is 2.65 bits per heavy atom. The van der Waals surface area contributed by atoms with Gasteiger partial charge in [-0.25, -0.2) is 0 Å². The molecule has 0 saturated heterocycles. The first-order chi connectivity index (χ1) is 11.3. The molecule has 2 heterocycles. The Morgan fingerprint density at radius 1 is 1.17 bits per heavy atom. The van der Waals surface area contributed by atoms with Crippen molar-refractivity contribution in [3.8, 4) is 17.6 Å². The molecule has 1 aromatic carbocycles. The molecular formula is C17H17BrN2O3. The van der Waals surface area contributed by atoms with Gasteiger partial charge in [-0.2, -0.15) is 5.26 Å². The lowest BCUT2D eigenvalue weighted by Crippen LogP contribution is -2.24. The van der Waals surface area contributed by atoms with Crippen LogP contribution in [0.5, 0.6) is 11.5 Å². The van der Waals surface area contributed by atoms with Crippen LogP contribution in [-0.4, -0.2) is 24.7 Å². The fourth-order valence-corrected chi connectivity index (χ4v) is 2.96. The molecule has 0 unspecified atom stereocenters. The molecule has 0 spiro atoms. The molecule has 0 saturated carbocycles. The number of halogens is 1. The topological polar surface area (TPSA) is 58.6 Å². The van der Waals surface area contributed by atoms with Crippen LogP contribution >= 0.6 is 15.9 Å². The van der Waals surface area contributed by atoms with E-state index in [0.717, 1.165) is 27.3 Å². The Morgan fingerprint density at radius 2 is 1.96 bits per heavy atom. The molecule has 0 amide bonds. The third-order valence-corrected chi connectivity index (χ3v) is 4.34. The predicted octanol–water partition coefficient (Wildman–Crippen LogP) is 3.73. The van der Waals surface area contributed by atoms with E-state index in [2.05, 4.69) is 26.9 Å². The van der Waals surface area contributed by atoms with Crippen LogP contribution in [0.15, 0.2) is 39.4 Å². The zero-order valence-corrected chi connectivity index (χ0v) is 14.2. The molecule has 6 heteroatoms. The standard InChI is InChI=1S/C17H17BrN2O3/c18-15-10-17-16(22-7-8-23-17)9-13(15)11-20(5-2-4-19)12-14-3-1-6-21-14/h1,3,6,9-10H,2,5,7-8,11-12H2. The Labute approximate surface area is 143 Å². The maximum atomic E-state index is 8.87. The highest BCUT2D eigenvalue weighted by Crippen LogP contribution is 2.36. The van der Waals surface area contributed by atoms with Crippen molar-refractivity contribution in [1.29, 1.82) is 5.26 Å². The SMILES string of the molecule is N#CCCN(Cc1ccco1)Cc1cc2c(cc1Br)OCCO2. The van der Waals surface area contributed by atoms with Crippen LogP contribution < -0.4 is 9.47 Å². The third-order valence-electron chi connectivity index (χ3n) is 3.60. The lowest BCUT2D eigenvalue weighted by atomic mass is 10.1. The van der Waals surface area contributed by atoms with Gasteiger partial charge in [-0.15, -0.1) is 0 Å². The molecule has 3 rings (SSSR count). The van der Waals surface area contributed by atoms with E-state index in [4.69, 9.17) is 19.2 Å². The zero-order valence-electron chi connectivity index (χ0n) is 12.6. The number of nitrogens with zero attached hydrogens (tertiary/aromatic N) is 2. The van der Waals surface area contributed by atoms with Crippen molar-refractivity contribution in [3.63, 3.8) is 0 Å². The summed E-state index contributed by atoms with van der Waals surface area (Å²) >= 11 is 3.60. The number of hydrogen-bond donors (Lipinski definition) is 0. The molecule has 1 aliphatic rings. The number of furan rings is 1. The van der Waals surface area contributed by atoms with Crippen LogP contribution in [0.3, 0.4) is 0 Å². The summed E-state index contributed by atoms with van der Waals surface area (Å²) in [5.41, 5.74) is 1.10. The van der Waals surface area contributed by atoms with Gasteiger partial charge in [0.2, 0.25) is 0 Å². The molecule has 0 radical (unpaired) electrons. The molecule has 1 aromatic heterocycles. The van der Waals surface area contributed by atoms with Crippen LogP contribution in [0.25, 0.3) is 0 Å². The number of rotatable bonds is 6. The molecule has 0 aliphatic carbocycles. The van der Waals surface area contributed by atoms with Gasteiger partial charge in [-0.05, 0) is 29.8 Å².